The Labute approximate surface area is 89.4 Å². The maximum Gasteiger partial charge on any atom is 0.229 e. The van der Waals surface area contributed by atoms with E-state index in [4.69, 9.17) is 5.11 Å². The molecule has 2 N–H and O–H groups in total. The van der Waals surface area contributed by atoms with Crippen LogP contribution in [0.25, 0.3) is 0 Å². The second kappa shape index (κ2) is 4.05. The van der Waals surface area contributed by atoms with Crippen LogP contribution < -0.4 is 0 Å². The lowest BCUT2D eigenvalue weighted by Crippen LogP contribution is -1.68. The summed E-state index contributed by atoms with van der Waals surface area (Å²) in [5.74, 6) is -0.129. The van der Waals surface area contributed by atoms with Crippen molar-refractivity contribution in [3.05, 3.63) is 29.8 Å². The van der Waals surface area contributed by atoms with E-state index in [1.54, 1.807) is 11.6 Å². The number of rotatable bonds is 2. The quantitative estimate of drug-likeness (QED) is 0.765. The van der Waals surface area contributed by atoms with Gasteiger partial charge in [-0.3, -0.25) is 0 Å². The highest BCUT2D eigenvalue weighted by Crippen LogP contribution is 2.31. The minimum atomic E-state index is -0.115. The van der Waals surface area contributed by atoms with E-state index >= 15 is 0 Å². The van der Waals surface area contributed by atoms with Gasteiger partial charge in [-0.05, 0) is 12.1 Å². The van der Waals surface area contributed by atoms with E-state index < -0.39 is 0 Å². The molecule has 0 amide bonds. The Morgan fingerprint density at radius 2 is 2.07 bits per heavy atom. The van der Waals surface area contributed by atoms with E-state index in [0.717, 1.165) is 0 Å². The minimum absolute atomic E-state index is 0.0132. The van der Waals surface area contributed by atoms with Crippen molar-refractivity contribution in [2.75, 3.05) is 0 Å². The van der Waals surface area contributed by atoms with E-state index in [9.17, 15) is 5.11 Å². The number of aromatic hydroxyl groups is 2. The van der Waals surface area contributed by atoms with Crippen LogP contribution in [-0.4, -0.2) is 15.2 Å². The van der Waals surface area contributed by atoms with Crippen molar-refractivity contribution in [3.63, 3.8) is 0 Å². The van der Waals surface area contributed by atoms with Gasteiger partial charge in [-0.25, -0.2) is 4.98 Å². The molecule has 0 aliphatic carbocycles. The summed E-state index contributed by atoms with van der Waals surface area (Å²) in [5, 5.41) is 28.4. The molecule has 5 nitrogen and oxygen atoms in total. The molecule has 0 fully saturated rings. The zero-order chi connectivity index (χ0) is 10.7. The van der Waals surface area contributed by atoms with Gasteiger partial charge in [0.25, 0.3) is 0 Å². The molecule has 0 radical (unpaired) electrons. The number of benzene rings is 1. The van der Waals surface area contributed by atoms with E-state index in [1.807, 2.05) is 0 Å². The molecule has 0 spiro atoms. The largest absolute Gasteiger partial charge is 0.508 e. The fourth-order valence-electron chi connectivity index (χ4n) is 0.958. The SMILES string of the molecule is Oc1ccc(N=Nc2nccs2)c(O)c1. The summed E-state index contributed by atoms with van der Waals surface area (Å²) in [4.78, 5) is 3.91. The summed E-state index contributed by atoms with van der Waals surface area (Å²) >= 11 is 1.35. The van der Waals surface area contributed by atoms with Gasteiger partial charge in [0.15, 0.2) is 0 Å². The van der Waals surface area contributed by atoms with Crippen molar-refractivity contribution in [3.8, 4) is 11.5 Å². The van der Waals surface area contributed by atoms with Gasteiger partial charge in [0, 0.05) is 17.6 Å². The normalized spacial score (nSPS) is 10.9. The van der Waals surface area contributed by atoms with E-state index in [0.29, 0.717) is 10.8 Å². The molecule has 0 unspecified atom stereocenters. The third-order valence-electron chi connectivity index (χ3n) is 1.62. The first kappa shape index (κ1) is 9.60. The van der Waals surface area contributed by atoms with Gasteiger partial charge < -0.3 is 10.2 Å². The van der Waals surface area contributed by atoms with Crippen LogP contribution in [0.4, 0.5) is 10.8 Å². The Bertz CT molecular complexity index is 482. The van der Waals surface area contributed by atoms with Crippen LogP contribution >= 0.6 is 11.3 Å². The smallest absolute Gasteiger partial charge is 0.229 e. The van der Waals surface area contributed by atoms with E-state index in [2.05, 4.69) is 15.2 Å². The van der Waals surface area contributed by atoms with Gasteiger partial charge >= 0.3 is 0 Å². The highest BCUT2D eigenvalue weighted by molar-refractivity contribution is 7.13. The Balaban J connectivity index is 2.24. The maximum absolute atomic E-state index is 9.39. The number of thiazole rings is 1. The summed E-state index contributed by atoms with van der Waals surface area (Å²) in [6.45, 7) is 0. The summed E-state index contributed by atoms with van der Waals surface area (Å²) in [5.41, 5.74) is 0.294. The highest BCUT2D eigenvalue weighted by atomic mass is 32.1. The van der Waals surface area contributed by atoms with Crippen molar-refractivity contribution in [2.45, 2.75) is 0 Å². The number of aromatic nitrogens is 1. The lowest BCUT2D eigenvalue weighted by atomic mass is 10.3. The Morgan fingerprint density at radius 1 is 1.20 bits per heavy atom. The average molecular weight is 221 g/mol. The first-order valence-electron chi connectivity index (χ1n) is 4.09. The standard InChI is InChI=1S/C9H7N3O2S/c13-6-1-2-7(8(14)5-6)11-12-9-10-3-4-15-9/h1-5,13-14H. The van der Waals surface area contributed by atoms with Crippen LogP contribution in [0.3, 0.4) is 0 Å². The van der Waals surface area contributed by atoms with Crippen molar-refractivity contribution >= 4 is 22.2 Å². The number of hydrogen-bond acceptors (Lipinski definition) is 6. The molecule has 6 heteroatoms. The molecule has 1 aromatic heterocycles. The molecule has 76 valence electrons. The molecule has 0 bridgehead atoms. The monoisotopic (exact) mass is 221 g/mol. The number of phenols is 2. The van der Waals surface area contributed by atoms with Crippen LogP contribution in [0.1, 0.15) is 0 Å². The lowest BCUT2D eigenvalue weighted by molar-refractivity contribution is 0.451. The fourth-order valence-corrected chi connectivity index (χ4v) is 1.41. The molecule has 2 rings (SSSR count). The molecule has 2 aromatic rings. The van der Waals surface area contributed by atoms with Crippen LogP contribution in [0.15, 0.2) is 40.0 Å². The predicted molar refractivity (Wildman–Crippen MR) is 56.1 cm³/mol. The molecule has 1 aromatic carbocycles. The zero-order valence-electron chi connectivity index (χ0n) is 7.53. The lowest BCUT2D eigenvalue weighted by Gasteiger charge is -1.96. The van der Waals surface area contributed by atoms with Gasteiger partial charge in [0.05, 0.1) is 0 Å². The average Bonchev–Trinajstić information content (AvgIpc) is 2.69. The first-order valence-corrected chi connectivity index (χ1v) is 4.97. The van der Waals surface area contributed by atoms with E-state index in [1.165, 1.54) is 29.5 Å². The van der Waals surface area contributed by atoms with Gasteiger partial charge in [-0.2, -0.15) is 0 Å². The van der Waals surface area contributed by atoms with Gasteiger partial charge in [0.1, 0.15) is 17.2 Å². The number of nitrogens with zero attached hydrogens (tertiary/aromatic N) is 3. The van der Waals surface area contributed by atoms with Crippen LogP contribution in [0.5, 0.6) is 11.5 Å². The van der Waals surface area contributed by atoms with Crippen molar-refractivity contribution in [1.82, 2.24) is 4.98 Å². The van der Waals surface area contributed by atoms with E-state index in [-0.39, 0.29) is 11.5 Å². The first-order chi connectivity index (χ1) is 7.25. The van der Waals surface area contributed by atoms with Crippen LogP contribution in [0.2, 0.25) is 0 Å². The summed E-state index contributed by atoms with van der Waals surface area (Å²) < 4.78 is 0. The minimum Gasteiger partial charge on any atom is -0.508 e. The van der Waals surface area contributed by atoms with Gasteiger partial charge in [-0.1, -0.05) is 0 Å². The second-order valence-corrected chi connectivity index (χ2v) is 3.56. The molecular formula is C9H7N3O2S. The highest BCUT2D eigenvalue weighted by Gasteiger charge is 2.00. The molecule has 1 heterocycles. The molecule has 15 heavy (non-hydrogen) atoms. The Hall–Kier alpha value is -1.95. The zero-order valence-corrected chi connectivity index (χ0v) is 8.35. The van der Waals surface area contributed by atoms with Crippen molar-refractivity contribution < 1.29 is 10.2 Å². The summed E-state index contributed by atoms with van der Waals surface area (Å²) in [6, 6.07) is 4.11. The van der Waals surface area contributed by atoms with Crippen LogP contribution in [0, 0.1) is 0 Å². The Kier molecular flexibility index (Phi) is 2.59. The topological polar surface area (TPSA) is 78.1 Å². The third-order valence-corrected chi connectivity index (χ3v) is 2.28. The van der Waals surface area contributed by atoms with Crippen LogP contribution in [-0.2, 0) is 0 Å². The Morgan fingerprint density at radius 3 is 2.73 bits per heavy atom. The van der Waals surface area contributed by atoms with Gasteiger partial charge in [-0.15, -0.1) is 21.6 Å². The maximum atomic E-state index is 9.39. The van der Waals surface area contributed by atoms with Gasteiger partial charge in [0.2, 0.25) is 5.13 Å². The third kappa shape index (κ3) is 2.29. The van der Waals surface area contributed by atoms with Crippen molar-refractivity contribution in [1.29, 1.82) is 0 Å². The summed E-state index contributed by atoms with van der Waals surface area (Å²) in [6.07, 6.45) is 1.62. The number of phenolic OH excluding ortho intramolecular Hbond substituents is 2. The molecule has 0 aliphatic rings. The molecule has 0 atom stereocenters. The molecule has 0 saturated heterocycles. The summed E-state index contributed by atoms with van der Waals surface area (Å²) in [7, 11) is 0. The molecular weight excluding hydrogens is 214 g/mol. The predicted octanol–water partition coefficient (Wildman–Crippen LogP) is 2.97. The number of hydrogen-bond donors (Lipinski definition) is 2. The molecule has 0 aliphatic heterocycles. The van der Waals surface area contributed by atoms with Crippen molar-refractivity contribution in [2.24, 2.45) is 10.2 Å². The number of azo groups is 1. The fraction of sp³-hybridized carbons (Fsp3) is 0. The molecule has 0 saturated carbocycles. The second-order valence-electron chi connectivity index (χ2n) is 2.69.